The van der Waals surface area contributed by atoms with Gasteiger partial charge in [0.25, 0.3) is 5.91 Å². The number of carbonyl (C=O) groups is 1. The van der Waals surface area contributed by atoms with Gasteiger partial charge in [-0.3, -0.25) is 9.78 Å². The summed E-state index contributed by atoms with van der Waals surface area (Å²) < 4.78 is 0. The summed E-state index contributed by atoms with van der Waals surface area (Å²) in [7, 11) is 0. The van der Waals surface area contributed by atoms with Crippen LogP contribution in [0.3, 0.4) is 0 Å². The summed E-state index contributed by atoms with van der Waals surface area (Å²) in [5, 5.41) is 4.21. The van der Waals surface area contributed by atoms with Crippen molar-refractivity contribution in [3.63, 3.8) is 0 Å². The summed E-state index contributed by atoms with van der Waals surface area (Å²) in [5.74, 6) is -0.391. The van der Waals surface area contributed by atoms with Crippen LogP contribution in [0.2, 0.25) is 10.0 Å². The first kappa shape index (κ1) is 16.6. The van der Waals surface area contributed by atoms with E-state index < -0.39 is 5.91 Å². The van der Waals surface area contributed by atoms with Crippen LogP contribution < -0.4 is 11.1 Å². The van der Waals surface area contributed by atoms with Crippen LogP contribution in [0.15, 0.2) is 42.6 Å². The number of rotatable bonds is 3. The van der Waals surface area contributed by atoms with Crippen LogP contribution in [0.1, 0.15) is 22.8 Å². The SMILES string of the molecule is CCc1cnc2c(NC(=O)c3c(Cl)cccc3Cl)cccc2c1N. The molecule has 1 amide bonds. The predicted molar refractivity (Wildman–Crippen MR) is 99.9 cm³/mol. The van der Waals surface area contributed by atoms with Gasteiger partial charge in [-0.05, 0) is 30.2 Å². The number of fused-ring (bicyclic) bond motifs is 1. The lowest BCUT2D eigenvalue weighted by Gasteiger charge is -2.12. The van der Waals surface area contributed by atoms with Gasteiger partial charge in [-0.1, -0.05) is 48.3 Å². The Morgan fingerprint density at radius 3 is 2.50 bits per heavy atom. The zero-order valence-corrected chi connectivity index (χ0v) is 14.4. The van der Waals surface area contributed by atoms with Crippen LogP contribution in [0.25, 0.3) is 10.9 Å². The molecule has 0 fully saturated rings. The molecule has 0 atom stereocenters. The molecule has 3 rings (SSSR count). The number of nitrogens with two attached hydrogens (primary N) is 1. The fourth-order valence-corrected chi connectivity index (χ4v) is 3.14. The van der Waals surface area contributed by atoms with E-state index in [1.807, 2.05) is 19.1 Å². The van der Waals surface area contributed by atoms with Crippen molar-refractivity contribution in [1.29, 1.82) is 0 Å². The number of hydrogen-bond acceptors (Lipinski definition) is 3. The standard InChI is InChI=1S/C18H15Cl2N3O/c1-2-10-9-22-17-11(16(10)21)5-3-8-14(17)23-18(24)15-12(19)6-4-7-13(15)20/h3-9H,2H2,1H3,(H2,21,22)(H,23,24). The van der Waals surface area contributed by atoms with E-state index in [4.69, 9.17) is 28.9 Å². The summed E-state index contributed by atoms with van der Waals surface area (Å²) in [6.07, 6.45) is 2.52. The second-order valence-electron chi connectivity index (χ2n) is 5.30. The Hall–Kier alpha value is -2.30. The molecular formula is C18H15Cl2N3O. The molecule has 0 aliphatic carbocycles. The maximum atomic E-state index is 12.6. The molecule has 0 unspecified atom stereocenters. The third-order valence-electron chi connectivity index (χ3n) is 3.84. The smallest absolute Gasteiger partial charge is 0.258 e. The molecule has 0 spiro atoms. The number of aryl methyl sites for hydroxylation is 1. The van der Waals surface area contributed by atoms with E-state index in [-0.39, 0.29) is 5.56 Å². The van der Waals surface area contributed by atoms with Gasteiger partial charge in [0.15, 0.2) is 0 Å². The first-order valence-electron chi connectivity index (χ1n) is 7.44. The van der Waals surface area contributed by atoms with E-state index in [0.717, 1.165) is 17.4 Å². The molecule has 0 aliphatic heterocycles. The molecule has 0 saturated carbocycles. The molecule has 2 aromatic carbocycles. The maximum absolute atomic E-state index is 12.6. The first-order valence-corrected chi connectivity index (χ1v) is 8.20. The lowest BCUT2D eigenvalue weighted by molar-refractivity contribution is 0.102. The number of pyridine rings is 1. The van der Waals surface area contributed by atoms with Crippen molar-refractivity contribution in [2.45, 2.75) is 13.3 Å². The number of aromatic nitrogens is 1. The van der Waals surface area contributed by atoms with Crippen molar-refractivity contribution in [3.8, 4) is 0 Å². The molecule has 0 bridgehead atoms. The average molecular weight is 360 g/mol. The first-order chi connectivity index (χ1) is 11.5. The number of nitrogens with one attached hydrogen (secondary N) is 1. The molecule has 0 radical (unpaired) electrons. The molecular weight excluding hydrogens is 345 g/mol. The van der Waals surface area contributed by atoms with Crippen molar-refractivity contribution < 1.29 is 4.79 Å². The molecule has 1 heterocycles. The zero-order chi connectivity index (χ0) is 17.3. The van der Waals surface area contributed by atoms with Gasteiger partial charge in [0, 0.05) is 17.3 Å². The number of para-hydroxylation sites is 1. The van der Waals surface area contributed by atoms with Crippen LogP contribution >= 0.6 is 23.2 Å². The number of hydrogen-bond donors (Lipinski definition) is 2. The minimum absolute atomic E-state index is 0.232. The average Bonchev–Trinajstić information content (AvgIpc) is 2.56. The van der Waals surface area contributed by atoms with Gasteiger partial charge in [-0.2, -0.15) is 0 Å². The zero-order valence-electron chi connectivity index (χ0n) is 12.9. The molecule has 3 N–H and O–H groups in total. The number of halogens is 2. The molecule has 6 heteroatoms. The molecule has 0 saturated heterocycles. The van der Waals surface area contributed by atoms with Crippen LogP contribution in [0, 0.1) is 0 Å². The number of carbonyl (C=O) groups excluding carboxylic acids is 1. The van der Waals surface area contributed by atoms with Crippen molar-refractivity contribution in [2.75, 3.05) is 11.1 Å². The van der Waals surface area contributed by atoms with Gasteiger partial charge in [0.2, 0.25) is 0 Å². The van der Waals surface area contributed by atoms with Crippen LogP contribution in [0.5, 0.6) is 0 Å². The Kier molecular flexibility index (Phi) is 4.60. The Labute approximate surface area is 149 Å². The highest BCUT2D eigenvalue weighted by Gasteiger charge is 2.16. The maximum Gasteiger partial charge on any atom is 0.258 e. The lowest BCUT2D eigenvalue weighted by atomic mass is 10.1. The Morgan fingerprint density at radius 2 is 1.83 bits per heavy atom. The van der Waals surface area contributed by atoms with E-state index in [0.29, 0.717) is 26.9 Å². The minimum atomic E-state index is -0.391. The molecule has 4 nitrogen and oxygen atoms in total. The largest absolute Gasteiger partial charge is 0.398 e. The highest BCUT2D eigenvalue weighted by molar-refractivity contribution is 6.40. The van der Waals surface area contributed by atoms with Gasteiger partial charge >= 0.3 is 0 Å². The fourth-order valence-electron chi connectivity index (χ4n) is 2.57. The van der Waals surface area contributed by atoms with Crippen molar-refractivity contribution in [1.82, 2.24) is 4.98 Å². The van der Waals surface area contributed by atoms with E-state index in [1.54, 1.807) is 30.5 Å². The van der Waals surface area contributed by atoms with Crippen LogP contribution in [-0.4, -0.2) is 10.9 Å². The molecule has 3 aromatic rings. The summed E-state index contributed by atoms with van der Waals surface area (Å²) >= 11 is 12.2. The second kappa shape index (κ2) is 6.67. The highest BCUT2D eigenvalue weighted by atomic mass is 35.5. The van der Waals surface area contributed by atoms with Crippen molar-refractivity contribution >= 4 is 51.4 Å². The third kappa shape index (κ3) is 2.90. The number of benzene rings is 2. The van der Waals surface area contributed by atoms with Gasteiger partial charge in [-0.25, -0.2) is 0 Å². The number of nitrogen functional groups attached to an aromatic ring is 1. The fraction of sp³-hybridized carbons (Fsp3) is 0.111. The Bertz CT molecular complexity index is 921. The quantitative estimate of drug-likeness (QED) is 0.695. The predicted octanol–water partition coefficient (Wildman–Crippen LogP) is 4.94. The van der Waals surface area contributed by atoms with Crippen LogP contribution in [-0.2, 0) is 6.42 Å². The molecule has 122 valence electrons. The van der Waals surface area contributed by atoms with E-state index in [1.165, 1.54) is 0 Å². The number of anilines is 2. The number of amides is 1. The topological polar surface area (TPSA) is 68.0 Å². The third-order valence-corrected chi connectivity index (χ3v) is 4.47. The van der Waals surface area contributed by atoms with Crippen molar-refractivity contribution in [2.24, 2.45) is 0 Å². The van der Waals surface area contributed by atoms with E-state index in [9.17, 15) is 4.79 Å². The molecule has 24 heavy (non-hydrogen) atoms. The summed E-state index contributed by atoms with van der Waals surface area (Å²) in [5.41, 5.74) is 9.26. The van der Waals surface area contributed by atoms with E-state index >= 15 is 0 Å². The second-order valence-corrected chi connectivity index (χ2v) is 6.12. The molecule has 1 aromatic heterocycles. The monoisotopic (exact) mass is 359 g/mol. The normalized spacial score (nSPS) is 10.8. The van der Waals surface area contributed by atoms with Gasteiger partial charge in [0.1, 0.15) is 0 Å². The van der Waals surface area contributed by atoms with Gasteiger partial charge < -0.3 is 11.1 Å². The highest BCUT2D eigenvalue weighted by Crippen LogP contribution is 2.30. The summed E-state index contributed by atoms with van der Waals surface area (Å²) in [6.45, 7) is 2.02. The van der Waals surface area contributed by atoms with Crippen molar-refractivity contribution in [3.05, 3.63) is 63.8 Å². The Balaban J connectivity index is 2.05. The van der Waals surface area contributed by atoms with Gasteiger partial charge in [-0.15, -0.1) is 0 Å². The number of nitrogens with zero attached hydrogens (tertiary/aromatic N) is 1. The van der Waals surface area contributed by atoms with Crippen LogP contribution in [0.4, 0.5) is 11.4 Å². The van der Waals surface area contributed by atoms with E-state index in [2.05, 4.69) is 10.3 Å². The molecule has 0 aliphatic rings. The van der Waals surface area contributed by atoms with Gasteiger partial charge in [0.05, 0.1) is 26.8 Å². The minimum Gasteiger partial charge on any atom is -0.398 e. The Morgan fingerprint density at radius 1 is 1.17 bits per heavy atom. The summed E-state index contributed by atoms with van der Waals surface area (Å²) in [4.78, 5) is 17.0. The lowest BCUT2D eigenvalue weighted by Crippen LogP contribution is -2.14. The summed E-state index contributed by atoms with van der Waals surface area (Å²) in [6, 6.07) is 10.4.